The number of halogens is 3. The van der Waals surface area contributed by atoms with E-state index in [9.17, 15) is 18.0 Å². The van der Waals surface area contributed by atoms with Crippen LogP contribution in [0.15, 0.2) is 36.4 Å². The number of aromatic nitrogens is 1. The minimum absolute atomic E-state index is 0.0786. The Kier molecular flexibility index (Phi) is 5.32. The highest BCUT2D eigenvalue weighted by Gasteiger charge is 2.35. The summed E-state index contributed by atoms with van der Waals surface area (Å²) < 4.78 is 41.6. The van der Waals surface area contributed by atoms with Crippen molar-refractivity contribution in [2.24, 2.45) is 11.8 Å². The summed E-state index contributed by atoms with van der Waals surface area (Å²) in [6.07, 6.45) is 1.90. The van der Waals surface area contributed by atoms with Crippen molar-refractivity contribution in [1.82, 2.24) is 10.3 Å². The number of benzene rings is 2. The fourth-order valence-electron chi connectivity index (χ4n) is 4.08. The number of aliphatic hydroxyl groups is 1. The van der Waals surface area contributed by atoms with E-state index in [0.717, 1.165) is 11.6 Å². The molecule has 4 nitrogen and oxygen atoms in total. The van der Waals surface area contributed by atoms with Gasteiger partial charge >= 0.3 is 0 Å². The first-order chi connectivity index (χ1) is 14.0. The molecule has 0 radical (unpaired) electrons. The molecule has 0 atom stereocenters. The van der Waals surface area contributed by atoms with Crippen molar-refractivity contribution >= 4 is 16.8 Å². The van der Waals surface area contributed by atoms with Gasteiger partial charge in [0.05, 0.1) is 12.1 Å². The maximum Gasteiger partial charge on any atom is 0.223 e. The van der Waals surface area contributed by atoms with Crippen LogP contribution in [0.1, 0.15) is 18.4 Å². The van der Waals surface area contributed by atoms with E-state index < -0.39 is 11.6 Å². The fraction of sp³-hybridized carbons (Fsp3) is 0.318. The summed E-state index contributed by atoms with van der Waals surface area (Å²) in [4.78, 5) is 15.0. The number of rotatable bonds is 6. The quantitative estimate of drug-likeness (QED) is 0.585. The predicted octanol–water partition coefficient (Wildman–Crippen LogP) is 3.93. The van der Waals surface area contributed by atoms with E-state index in [1.54, 1.807) is 12.1 Å². The van der Waals surface area contributed by atoms with Gasteiger partial charge in [-0.1, -0.05) is 0 Å². The van der Waals surface area contributed by atoms with Crippen LogP contribution in [0.3, 0.4) is 0 Å². The number of carbonyl (C=O) groups is 1. The molecule has 0 unspecified atom stereocenters. The van der Waals surface area contributed by atoms with E-state index in [1.165, 1.54) is 18.2 Å². The maximum absolute atomic E-state index is 14.3. The lowest BCUT2D eigenvalue weighted by molar-refractivity contribution is -0.129. The molecule has 4 rings (SSSR count). The first-order valence-corrected chi connectivity index (χ1v) is 9.60. The molecular weight excluding hydrogens is 381 g/mol. The highest BCUT2D eigenvalue weighted by Crippen LogP contribution is 2.41. The van der Waals surface area contributed by atoms with Crippen molar-refractivity contribution in [2.75, 3.05) is 13.2 Å². The van der Waals surface area contributed by atoms with E-state index in [0.29, 0.717) is 35.9 Å². The van der Waals surface area contributed by atoms with Crippen molar-refractivity contribution in [3.63, 3.8) is 0 Å². The Morgan fingerprint density at radius 2 is 1.83 bits per heavy atom. The highest BCUT2D eigenvalue weighted by atomic mass is 19.1. The zero-order valence-corrected chi connectivity index (χ0v) is 15.6. The number of aromatic amines is 1. The van der Waals surface area contributed by atoms with Gasteiger partial charge in [0, 0.05) is 29.6 Å². The third kappa shape index (κ3) is 3.87. The predicted molar refractivity (Wildman–Crippen MR) is 104 cm³/mol. The van der Waals surface area contributed by atoms with Crippen LogP contribution in [-0.2, 0) is 11.2 Å². The average Bonchev–Trinajstić information content (AvgIpc) is 3.01. The summed E-state index contributed by atoms with van der Waals surface area (Å²) in [6, 6.07) is 8.00. The van der Waals surface area contributed by atoms with Gasteiger partial charge in [0.2, 0.25) is 5.91 Å². The largest absolute Gasteiger partial charge is 0.395 e. The molecule has 0 spiro atoms. The second-order valence-corrected chi connectivity index (χ2v) is 7.55. The second kappa shape index (κ2) is 7.91. The number of aliphatic hydroxyl groups excluding tert-OH is 1. The summed E-state index contributed by atoms with van der Waals surface area (Å²) in [5.41, 5.74) is 2.31. The van der Waals surface area contributed by atoms with Crippen LogP contribution < -0.4 is 5.32 Å². The molecule has 1 aliphatic rings. The Hall–Kier alpha value is -2.80. The number of amides is 1. The van der Waals surface area contributed by atoms with Crippen LogP contribution in [0.4, 0.5) is 13.2 Å². The summed E-state index contributed by atoms with van der Waals surface area (Å²) in [5, 5.41) is 11.9. The summed E-state index contributed by atoms with van der Waals surface area (Å²) >= 11 is 0. The first kappa shape index (κ1) is 19.5. The van der Waals surface area contributed by atoms with Gasteiger partial charge in [-0.15, -0.1) is 0 Å². The van der Waals surface area contributed by atoms with Gasteiger partial charge in [0.25, 0.3) is 0 Å². The number of H-pyrrole nitrogens is 1. The molecule has 3 N–H and O–H groups in total. The molecular formula is C22H21F3N2O2. The average molecular weight is 402 g/mol. The minimum atomic E-state index is -0.676. The molecule has 29 heavy (non-hydrogen) atoms. The van der Waals surface area contributed by atoms with E-state index in [2.05, 4.69) is 10.3 Å². The smallest absolute Gasteiger partial charge is 0.223 e. The van der Waals surface area contributed by atoms with Gasteiger partial charge in [-0.05, 0) is 66.6 Å². The Morgan fingerprint density at radius 1 is 1.10 bits per heavy atom. The van der Waals surface area contributed by atoms with Gasteiger partial charge < -0.3 is 15.4 Å². The molecule has 0 saturated heterocycles. The SMILES string of the molecule is O=C(NCCO)C1CC(Cc2c(-c3ccc(F)cc3)[nH]c3c(F)cc(F)cc23)C1. The lowest BCUT2D eigenvalue weighted by Crippen LogP contribution is -2.40. The maximum atomic E-state index is 14.3. The topological polar surface area (TPSA) is 65.1 Å². The molecule has 2 aromatic carbocycles. The number of nitrogens with one attached hydrogen (secondary N) is 2. The Balaban J connectivity index is 1.63. The molecule has 152 valence electrons. The van der Waals surface area contributed by atoms with Crippen molar-refractivity contribution < 1.29 is 23.1 Å². The molecule has 1 amide bonds. The van der Waals surface area contributed by atoms with Gasteiger partial charge in [0.15, 0.2) is 0 Å². The summed E-state index contributed by atoms with van der Waals surface area (Å²) in [7, 11) is 0. The highest BCUT2D eigenvalue weighted by molar-refractivity contribution is 5.91. The Labute approximate surface area is 165 Å². The summed E-state index contributed by atoms with van der Waals surface area (Å²) in [6.45, 7) is 0.130. The van der Waals surface area contributed by atoms with Crippen molar-refractivity contribution in [3.8, 4) is 11.3 Å². The standard InChI is InChI=1S/C22H21F3N2O2/c23-15-3-1-13(2-4-15)20-17(18-10-16(24)11-19(25)21(18)27-20)9-12-7-14(8-12)22(29)26-5-6-28/h1-4,10-12,14,27-28H,5-9H2,(H,26,29). The number of carbonyl (C=O) groups excluding carboxylic acids is 1. The number of hydrogen-bond donors (Lipinski definition) is 3. The normalized spacial score (nSPS) is 18.6. The molecule has 1 fully saturated rings. The third-order valence-corrected chi connectivity index (χ3v) is 5.58. The molecule has 0 aliphatic heterocycles. The minimum Gasteiger partial charge on any atom is -0.395 e. The third-order valence-electron chi connectivity index (χ3n) is 5.58. The van der Waals surface area contributed by atoms with Crippen molar-refractivity contribution in [2.45, 2.75) is 19.3 Å². The Bertz CT molecular complexity index is 1040. The molecule has 7 heteroatoms. The fourth-order valence-corrected chi connectivity index (χ4v) is 4.08. The monoisotopic (exact) mass is 402 g/mol. The number of hydrogen-bond acceptors (Lipinski definition) is 2. The van der Waals surface area contributed by atoms with E-state index in [-0.39, 0.29) is 42.2 Å². The van der Waals surface area contributed by atoms with Gasteiger partial charge in [-0.2, -0.15) is 0 Å². The summed E-state index contributed by atoms with van der Waals surface area (Å²) in [5.74, 6) is -1.70. The van der Waals surface area contributed by atoms with Crippen molar-refractivity contribution in [3.05, 3.63) is 59.4 Å². The zero-order chi connectivity index (χ0) is 20.5. The molecule has 1 heterocycles. The van der Waals surface area contributed by atoms with Crippen LogP contribution in [-0.4, -0.2) is 29.1 Å². The van der Waals surface area contributed by atoms with Crippen molar-refractivity contribution in [1.29, 1.82) is 0 Å². The number of fused-ring (bicyclic) bond motifs is 1. The van der Waals surface area contributed by atoms with Gasteiger partial charge in [-0.25, -0.2) is 13.2 Å². The lowest BCUT2D eigenvalue weighted by atomic mass is 9.71. The molecule has 1 saturated carbocycles. The molecule has 0 bridgehead atoms. The Morgan fingerprint density at radius 3 is 2.52 bits per heavy atom. The van der Waals surface area contributed by atoms with Crippen LogP contribution in [0.25, 0.3) is 22.2 Å². The molecule has 3 aromatic rings. The lowest BCUT2D eigenvalue weighted by Gasteiger charge is -2.34. The van der Waals surface area contributed by atoms with Crippen LogP contribution in [0.5, 0.6) is 0 Å². The zero-order valence-electron chi connectivity index (χ0n) is 15.6. The van der Waals surface area contributed by atoms with Gasteiger partial charge in [0.1, 0.15) is 17.5 Å². The van der Waals surface area contributed by atoms with E-state index >= 15 is 0 Å². The van der Waals surface area contributed by atoms with Crippen LogP contribution in [0.2, 0.25) is 0 Å². The van der Waals surface area contributed by atoms with Gasteiger partial charge in [-0.3, -0.25) is 4.79 Å². The molecule has 1 aliphatic carbocycles. The molecule has 1 aromatic heterocycles. The van der Waals surface area contributed by atoms with E-state index in [4.69, 9.17) is 5.11 Å². The van der Waals surface area contributed by atoms with Crippen LogP contribution >= 0.6 is 0 Å². The van der Waals surface area contributed by atoms with Crippen LogP contribution in [0, 0.1) is 29.3 Å². The second-order valence-electron chi connectivity index (χ2n) is 7.55. The van der Waals surface area contributed by atoms with E-state index in [1.807, 2.05) is 0 Å². The first-order valence-electron chi connectivity index (χ1n) is 9.60.